The van der Waals surface area contributed by atoms with E-state index in [1.54, 1.807) is 14.0 Å². The second-order valence-corrected chi connectivity index (χ2v) is 8.25. The first-order chi connectivity index (χ1) is 14.9. The third-order valence-corrected chi connectivity index (χ3v) is 6.50. The highest BCUT2D eigenvalue weighted by Gasteiger charge is 2.45. The first-order valence-electron chi connectivity index (χ1n) is 10.6. The van der Waals surface area contributed by atoms with Gasteiger partial charge in [-0.05, 0) is 43.9 Å². The lowest BCUT2D eigenvalue weighted by atomic mass is 9.73. The fourth-order valence-electron chi connectivity index (χ4n) is 4.64. The largest absolute Gasteiger partial charge is 0.497 e. The molecular formula is C23H28N4O4. The molecule has 2 aliphatic heterocycles. The first kappa shape index (κ1) is 21.2. The van der Waals surface area contributed by atoms with Crippen molar-refractivity contribution in [1.82, 2.24) is 14.9 Å². The Morgan fingerprint density at radius 1 is 1.23 bits per heavy atom. The molecule has 1 aromatic carbocycles. The van der Waals surface area contributed by atoms with Crippen molar-refractivity contribution in [2.75, 3.05) is 33.4 Å². The fourth-order valence-corrected chi connectivity index (χ4v) is 4.64. The molecule has 1 atom stereocenters. The minimum atomic E-state index is -0.591. The van der Waals surface area contributed by atoms with Gasteiger partial charge in [0, 0.05) is 38.4 Å². The van der Waals surface area contributed by atoms with Gasteiger partial charge in [-0.25, -0.2) is 9.97 Å². The van der Waals surface area contributed by atoms with Crippen LogP contribution in [0.5, 0.6) is 5.75 Å². The van der Waals surface area contributed by atoms with Gasteiger partial charge in [0.05, 0.1) is 23.8 Å². The SMILES string of the molecule is COc1ccc(C2(C(=O)N3CCC(c4ncc(C(N)=O)c(C)n4)C3)CCOCC2)cc1. The van der Waals surface area contributed by atoms with E-state index in [1.165, 1.54) is 6.20 Å². The normalized spacial score (nSPS) is 20.5. The van der Waals surface area contributed by atoms with Crippen LogP contribution in [0.3, 0.4) is 0 Å². The van der Waals surface area contributed by atoms with Crippen LogP contribution in [0.2, 0.25) is 0 Å². The Morgan fingerprint density at radius 3 is 2.55 bits per heavy atom. The number of carbonyl (C=O) groups excluding carboxylic acids is 2. The summed E-state index contributed by atoms with van der Waals surface area (Å²) in [6.07, 6.45) is 3.59. The summed E-state index contributed by atoms with van der Waals surface area (Å²) in [7, 11) is 1.63. The smallest absolute Gasteiger partial charge is 0.252 e. The average molecular weight is 425 g/mol. The van der Waals surface area contributed by atoms with Crippen LogP contribution in [0.15, 0.2) is 30.5 Å². The van der Waals surface area contributed by atoms with Crippen LogP contribution in [-0.2, 0) is 14.9 Å². The third kappa shape index (κ3) is 3.99. The monoisotopic (exact) mass is 424 g/mol. The van der Waals surface area contributed by atoms with Crippen molar-refractivity contribution >= 4 is 11.8 Å². The molecule has 0 saturated carbocycles. The van der Waals surface area contributed by atoms with E-state index >= 15 is 0 Å². The molecule has 164 valence electrons. The van der Waals surface area contributed by atoms with Crippen LogP contribution in [-0.4, -0.2) is 60.1 Å². The van der Waals surface area contributed by atoms with E-state index in [0.29, 0.717) is 56.2 Å². The van der Waals surface area contributed by atoms with Gasteiger partial charge in [0.25, 0.3) is 5.91 Å². The highest BCUT2D eigenvalue weighted by atomic mass is 16.5. The molecular weight excluding hydrogens is 396 g/mol. The molecule has 1 unspecified atom stereocenters. The lowest BCUT2D eigenvalue weighted by Crippen LogP contribution is -2.49. The Bertz CT molecular complexity index is 970. The van der Waals surface area contributed by atoms with Crippen LogP contribution < -0.4 is 10.5 Å². The average Bonchev–Trinajstić information content (AvgIpc) is 3.29. The fraction of sp³-hybridized carbons (Fsp3) is 0.478. The van der Waals surface area contributed by atoms with Gasteiger partial charge < -0.3 is 20.1 Å². The second-order valence-electron chi connectivity index (χ2n) is 8.25. The van der Waals surface area contributed by atoms with Crippen LogP contribution >= 0.6 is 0 Å². The van der Waals surface area contributed by atoms with Crippen molar-refractivity contribution in [1.29, 1.82) is 0 Å². The van der Waals surface area contributed by atoms with E-state index in [9.17, 15) is 9.59 Å². The van der Waals surface area contributed by atoms with Crippen molar-refractivity contribution in [2.45, 2.75) is 37.5 Å². The van der Waals surface area contributed by atoms with Crippen molar-refractivity contribution < 1.29 is 19.1 Å². The number of benzene rings is 1. The molecule has 2 aromatic rings. The molecule has 2 amide bonds. The van der Waals surface area contributed by atoms with Crippen molar-refractivity contribution in [3.8, 4) is 5.75 Å². The molecule has 2 aliphatic rings. The number of nitrogens with zero attached hydrogens (tertiary/aromatic N) is 3. The number of rotatable bonds is 5. The lowest BCUT2D eigenvalue weighted by Gasteiger charge is -2.39. The summed E-state index contributed by atoms with van der Waals surface area (Å²) in [4.78, 5) is 36.0. The summed E-state index contributed by atoms with van der Waals surface area (Å²) in [5.41, 5.74) is 6.67. The lowest BCUT2D eigenvalue weighted by molar-refractivity contribution is -0.140. The maximum Gasteiger partial charge on any atom is 0.252 e. The number of carbonyl (C=O) groups is 2. The topological polar surface area (TPSA) is 108 Å². The second kappa shape index (κ2) is 8.63. The molecule has 1 aromatic heterocycles. The Labute approximate surface area is 181 Å². The number of amides is 2. The zero-order chi connectivity index (χ0) is 22.0. The van der Waals surface area contributed by atoms with Gasteiger partial charge >= 0.3 is 0 Å². The highest BCUT2D eigenvalue weighted by molar-refractivity contribution is 5.93. The van der Waals surface area contributed by atoms with E-state index < -0.39 is 11.3 Å². The van der Waals surface area contributed by atoms with E-state index in [0.717, 1.165) is 17.7 Å². The van der Waals surface area contributed by atoms with Crippen LogP contribution in [0.25, 0.3) is 0 Å². The highest BCUT2D eigenvalue weighted by Crippen LogP contribution is 2.39. The van der Waals surface area contributed by atoms with E-state index in [2.05, 4.69) is 9.97 Å². The quantitative estimate of drug-likeness (QED) is 0.786. The number of primary amides is 1. The molecule has 2 saturated heterocycles. The Hall–Kier alpha value is -3.00. The van der Waals surface area contributed by atoms with Gasteiger partial charge in [-0.15, -0.1) is 0 Å². The Kier molecular flexibility index (Phi) is 5.91. The molecule has 0 radical (unpaired) electrons. The molecule has 31 heavy (non-hydrogen) atoms. The number of methoxy groups -OCH3 is 1. The van der Waals surface area contributed by atoms with Gasteiger partial charge in [0.15, 0.2) is 0 Å². The molecule has 0 spiro atoms. The number of hydrogen-bond acceptors (Lipinski definition) is 6. The van der Waals surface area contributed by atoms with Gasteiger partial charge in [0.1, 0.15) is 11.6 Å². The van der Waals surface area contributed by atoms with Crippen LogP contribution in [0.4, 0.5) is 0 Å². The number of aromatic nitrogens is 2. The number of nitrogens with two attached hydrogens (primary N) is 1. The predicted octanol–water partition coefficient (Wildman–Crippen LogP) is 1.96. The van der Waals surface area contributed by atoms with Gasteiger partial charge in [0.2, 0.25) is 5.91 Å². The van der Waals surface area contributed by atoms with Crippen molar-refractivity contribution in [2.24, 2.45) is 5.73 Å². The van der Waals surface area contributed by atoms with Gasteiger partial charge in [-0.2, -0.15) is 0 Å². The van der Waals surface area contributed by atoms with E-state index in [1.807, 2.05) is 29.2 Å². The molecule has 0 aliphatic carbocycles. The zero-order valence-corrected chi connectivity index (χ0v) is 18.0. The van der Waals surface area contributed by atoms with E-state index in [-0.39, 0.29) is 11.8 Å². The van der Waals surface area contributed by atoms with Crippen molar-refractivity contribution in [3.05, 3.63) is 53.1 Å². The molecule has 0 bridgehead atoms. The number of ether oxygens (including phenoxy) is 2. The zero-order valence-electron chi connectivity index (χ0n) is 18.0. The van der Waals surface area contributed by atoms with Crippen molar-refractivity contribution in [3.63, 3.8) is 0 Å². The number of hydrogen-bond donors (Lipinski definition) is 1. The summed E-state index contributed by atoms with van der Waals surface area (Å²) < 4.78 is 10.9. The summed E-state index contributed by atoms with van der Waals surface area (Å²) in [6, 6.07) is 7.79. The minimum Gasteiger partial charge on any atom is -0.497 e. The minimum absolute atomic E-state index is 0.0392. The molecule has 2 fully saturated rings. The van der Waals surface area contributed by atoms with Crippen LogP contribution in [0, 0.1) is 6.92 Å². The predicted molar refractivity (Wildman–Crippen MR) is 114 cm³/mol. The maximum atomic E-state index is 13.8. The summed E-state index contributed by atoms with van der Waals surface area (Å²) in [6.45, 7) is 4.09. The molecule has 4 rings (SSSR count). The van der Waals surface area contributed by atoms with Gasteiger partial charge in [-0.1, -0.05) is 12.1 Å². The molecule has 3 heterocycles. The van der Waals surface area contributed by atoms with E-state index in [4.69, 9.17) is 15.2 Å². The summed E-state index contributed by atoms with van der Waals surface area (Å²) in [5, 5.41) is 0. The molecule has 8 heteroatoms. The van der Waals surface area contributed by atoms with Crippen LogP contribution in [0.1, 0.15) is 52.6 Å². The number of aryl methyl sites for hydroxylation is 1. The Balaban J connectivity index is 1.56. The molecule has 8 nitrogen and oxygen atoms in total. The standard InChI is InChI=1S/C23H28N4O4/c1-15-19(20(24)28)13-25-21(26-15)16-7-10-27(14-16)22(29)23(8-11-31-12-9-23)17-3-5-18(30-2)6-4-17/h3-6,13,16H,7-12,14H2,1-2H3,(H2,24,28). The summed E-state index contributed by atoms with van der Waals surface area (Å²) in [5.74, 6) is 1.06. The molecule has 2 N–H and O–H groups in total. The van der Waals surface area contributed by atoms with Gasteiger partial charge in [-0.3, -0.25) is 9.59 Å². The first-order valence-corrected chi connectivity index (χ1v) is 10.6. The maximum absolute atomic E-state index is 13.8. The Morgan fingerprint density at radius 2 is 1.94 bits per heavy atom. The summed E-state index contributed by atoms with van der Waals surface area (Å²) >= 11 is 0. The third-order valence-electron chi connectivity index (χ3n) is 6.50. The number of likely N-dealkylation sites (tertiary alicyclic amines) is 1.